The Morgan fingerprint density at radius 1 is 0.793 bits per heavy atom. The fourth-order valence-corrected chi connectivity index (χ4v) is 11.5. The Balaban J connectivity index is 2.10. The predicted octanol–water partition coefficient (Wildman–Crippen LogP) is 4.99. The third kappa shape index (κ3) is 4.32. The molecule has 4 heteroatoms. The molecular weight excluding hydrogens is 441 g/mol. The second-order valence-corrected chi connectivity index (χ2v) is 16.8. The van der Waals surface area contributed by atoms with Crippen molar-refractivity contribution < 1.29 is 4.79 Å². The predicted molar refractivity (Wildman–Crippen MR) is 131 cm³/mol. The van der Waals surface area contributed by atoms with Crippen molar-refractivity contribution in [3.63, 3.8) is 0 Å². The summed E-state index contributed by atoms with van der Waals surface area (Å²) in [5.74, 6) is 0.116. The number of amides is 1. The van der Waals surface area contributed by atoms with E-state index in [1.807, 2.05) is 13.8 Å². The van der Waals surface area contributed by atoms with Crippen molar-refractivity contribution in [3.8, 4) is 0 Å². The van der Waals surface area contributed by atoms with Gasteiger partial charge >= 0.3 is 183 Å². The number of hydrogen-bond acceptors (Lipinski definition) is 1. The minimum atomic E-state index is -2.87. The maximum atomic E-state index is 12.0. The van der Waals surface area contributed by atoms with Crippen LogP contribution in [-0.2, 0) is 4.79 Å². The second kappa shape index (κ2) is 9.24. The van der Waals surface area contributed by atoms with Crippen molar-refractivity contribution in [2.24, 2.45) is 5.92 Å². The van der Waals surface area contributed by atoms with Crippen LogP contribution in [0.15, 0.2) is 91.0 Å². The number of benzene rings is 3. The zero-order chi connectivity index (χ0) is 20.8. The summed E-state index contributed by atoms with van der Waals surface area (Å²) in [5, 5.41) is 4.15. The molecule has 0 aliphatic rings. The molecule has 152 valence electrons. The molecule has 0 spiro atoms. The van der Waals surface area contributed by atoms with Gasteiger partial charge in [0, 0.05) is 0 Å². The Morgan fingerprint density at radius 2 is 1.17 bits per heavy atom. The van der Waals surface area contributed by atoms with Crippen LogP contribution in [0.4, 0.5) is 0 Å². The van der Waals surface area contributed by atoms with Crippen LogP contribution in [0.2, 0.25) is 0 Å². The Hall–Kier alpha value is -1.96. The van der Waals surface area contributed by atoms with Crippen LogP contribution in [0.25, 0.3) is 0 Å². The van der Waals surface area contributed by atoms with Gasteiger partial charge in [-0.2, -0.15) is 0 Å². The molecule has 0 saturated heterocycles. The van der Waals surface area contributed by atoms with Crippen molar-refractivity contribution in [1.82, 2.24) is 5.32 Å². The molecule has 2 nitrogen and oxygen atoms in total. The Morgan fingerprint density at radius 3 is 1.52 bits per heavy atom. The summed E-state index contributed by atoms with van der Waals surface area (Å²) in [6, 6.07) is 32.3. The van der Waals surface area contributed by atoms with Gasteiger partial charge in [0.05, 0.1) is 0 Å². The fourth-order valence-electron chi connectivity index (χ4n) is 3.84. The summed E-state index contributed by atoms with van der Waals surface area (Å²) in [6.07, 6.45) is 1.82. The summed E-state index contributed by atoms with van der Waals surface area (Å²) in [5.41, 5.74) is 0. The van der Waals surface area contributed by atoms with Gasteiger partial charge in [0.2, 0.25) is 0 Å². The standard InChI is InChI=1S/C25H29BrNOP/c1-21(2)25(28)27-19-12-20-29(26,22-13-6-3-7-14-22,23-15-8-4-9-16-23)24-17-10-5-11-18-24/h3-11,13-18,21H,12,19-20H2,1-2H3,(H,27,28). The van der Waals surface area contributed by atoms with E-state index in [4.69, 9.17) is 0 Å². The van der Waals surface area contributed by atoms with Crippen molar-refractivity contribution in [3.05, 3.63) is 91.0 Å². The molecule has 1 N–H and O–H groups in total. The first-order chi connectivity index (χ1) is 14.0. The van der Waals surface area contributed by atoms with Crippen LogP contribution in [0.1, 0.15) is 20.3 Å². The summed E-state index contributed by atoms with van der Waals surface area (Å²) >= 11 is 4.43. The SMILES string of the molecule is CC(C)C(=O)NCCCP(Br)(c1ccccc1)(c1ccccc1)c1ccccc1. The van der Waals surface area contributed by atoms with Crippen LogP contribution in [0.5, 0.6) is 0 Å². The van der Waals surface area contributed by atoms with Crippen molar-refractivity contribution >= 4 is 42.6 Å². The van der Waals surface area contributed by atoms with Crippen molar-refractivity contribution in [1.29, 1.82) is 0 Å². The van der Waals surface area contributed by atoms with Gasteiger partial charge in [-0.05, 0) is 0 Å². The molecule has 1 amide bonds. The molecule has 0 heterocycles. The zero-order valence-corrected chi connectivity index (χ0v) is 19.6. The van der Waals surface area contributed by atoms with Crippen molar-refractivity contribution in [2.75, 3.05) is 12.7 Å². The molecule has 0 aromatic heterocycles. The molecule has 3 aromatic rings. The first kappa shape index (κ1) is 21.7. The first-order valence-corrected chi connectivity index (χ1v) is 14.6. The number of carbonyl (C=O) groups excluding carboxylic acids is 1. The van der Waals surface area contributed by atoms with Gasteiger partial charge < -0.3 is 0 Å². The summed E-state index contributed by atoms with van der Waals surface area (Å²) < 4.78 is 0. The molecule has 0 saturated carbocycles. The summed E-state index contributed by atoms with van der Waals surface area (Å²) in [6.45, 7) is 4.53. The molecule has 29 heavy (non-hydrogen) atoms. The van der Waals surface area contributed by atoms with Crippen LogP contribution in [0, 0.1) is 5.92 Å². The van der Waals surface area contributed by atoms with Gasteiger partial charge in [0.25, 0.3) is 0 Å². The fraction of sp³-hybridized carbons (Fsp3) is 0.240. The van der Waals surface area contributed by atoms with E-state index in [1.54, 1.807) is 0 Å². The van der Waals surface area contributed by atoms with Crippen LogP contribution < -0.4 is 21.2 Å². The molecule has 3 rings (SSSR count). The normalized spacial score (nSPS) is 12.9. The Bertz CT molecular complexity index is 829. The van der Waals surface area contributed by atoms with E-state index in [1.165, 1.54) is 15.9 Å². The van der Waals surface area contributed by atoms with Gasteiger partial charge in [-0.25, -0.2) is 0 Å². The van der Waals surface area contributed by atoms with Gasteiger partial charge in [-0.3, -0.25) is 0 Å². The number of nitrogens with one attached hydrogen (secondary N) is 1. The van der Waals surface area contributed by atoms with Gasteiger partial charge in [0.15, 0.2) is 0 Å². The molecule has 0 radical (unpaired) electrons. The molecule has 0 aliphatic heterocycles. The van der Waals surface area contributed by atoms with E-state index in [0.717, 1.165) is 12.6 Å². The summed E-state index contributed by atoms with van der Waals surface area (Å²) in [7, 11) is 0. The molecule has 0 fully saturated rings. The average molecular weight is 470 g/mol. The Labute approximate surface area is 182 Å². The van der Waals surface area contributed by atoms with E-state index in [9.17, 15) is 4.79 Å². The monoisotopic (exact) mass is 469 g/mol. The third-order valence-electron chi connectivity index (χ3n) is 5.46. The van der Waals surface area contributed by atoms with Crippen LogP contribution in [0.3, 0.4) is 0 Å². The quantitative estimate of drug-likeness (QED) is 0.365. The number of halogens is 1. The molecular formula is C25H29BrNOP. The minimum absolute atomic E-state index is 0.00608. The second-order valence-electron chi connectivity index (χ2n) is 7.71. The summed E-state index contributed by atoms with van der Waals surface area (Å²) in [4.78, 5) is 12.0. The third-order valence-corrected chi connectivity index (χ3v) is 15.5. The molecule has 0 unspecified atom stereocenters. The molecule has 0 aliphatic carbocycles. The maximum absolute atomic E-state index is 12.0. The van der Waals surface area contributed by atoms with E-state index < -0.39 is 5.31 Å². The van der Waals surface area contributed by atoms with Crippen LogP contribution in [-0.4, -0.2) is 18.6 Å². The van der Waals surface area contributed by atoms with E-state index in [-0.39, 0.29) is 11.8 Å². The van der Waals surface area contributed by atoms with Crippen molar-refractivity contribution in [2.45, 2.75) is 20.3 Å². The van der Waals surface area contributed by atoms with E-state index in [2.05, 4.69) is 112 Å². The molecule has 0 atom stereocenters. The first-order valence-electron chi connectivity index (χ1n) is 10.1. The number of carbonyl (C=O) groups is 1. The van der Waals surface area contributed by atoms with Gasteiger partial charge in [-0.1, -0.05) is 0 Å². The average Bonchev–Trinajstić information content (AvgIpc) is 2.78. The van der Waals surface area contributed by atoms with Crippen LogP contribution >= 0.6 is 20.8 Å². The van der Waals surface area contributed by atoms with Gasteiger partial charge in [0.1, 0.15) is 0 Å². The molecule has 0 bridgehead atoms. The number of hydrogen-bond donors (Lipinski definition) is 1. The molecule has 3 aromatic carbocycles. The zero-order valence-electron chi connectivity index (χ0n) is 17.1. The van der Waals surface area contributed by atoms with E-state index >= 15 is 0 Å². The topological polar surface area (TPSA) is 29.1 Å². The number of rotatable bonds is 8. The van der Waals surface area contributed by atoms with Gasteiger partial charge in [-0.15, -0.1) is 0 Å². The van der Waals surface area contributed by atoms with E-state index in [0.29, 0.717) is 6.54 Å². The Kier molecular flexibility index (Phi) is 6.93.